The molecule has 0 bridgehead atoms. The molecule has 1 aliphatic rings. The smallest absolute Gasteiger partial charge is 0.142 e. The van der Waals surface area contributed by atoms with Gasteiger partial charge in [-0.2, -0.15) is 0 Å². The first-order valence-corrected chi connectivity index (χ1v) is 6.33. The van der Waals surface area contributed by atoms with Crippen molar-refractivity contribution in [1.82, 2.24) is 4.90 Å². The lowest BCUT2D eigenvalue weighted by molar-refractivity contribution is -0.0631. The molecule has 3 nitrogen and oxygen atoms in total. The van der Waals surface area contributed by atoms with E-state index in [4.69, 9.17) is 21.1 Å². The molecule has 0 spiro atoms. The van der Waals surface area contributed by atoms with Crippen LogP contribution in [0.25, 0.3) is 0 Å². The van der Waals surface area contributed by atoms with Crippen molar-refractivity contribution in [3.63, 3.8) is 0 Å². The number of morpholine rings is 1. The molecule has 0 saturated carbocycles. The highest BCUT2D eigenvalue weighted by Crippen LogP contribution is 2.17. The van der Waals surface area contributed by atoms with Crippen molar-refractivity contribution in [2.75, 3.05) is 33.4 Å². The molecule has 1 aromatic rings. The van der Waals surface area contributed by atoms with E-state index in [0.717, 1.165) is 18.7 Å². The zero-order valence-corrected chi connectivity index (χ0v) is 11.1. The monoisotopic (exact) mass is 273 g/mol. The van der Waals surface area contributed by atoms with E-state index in [-0.39, 0.29) is 16.9 Å². The van der Waals surface area contributed by atoms with E-state index in [1.54, 1.807) is 13.2 Å². The Hall–Kier alpha value is -0.680. The first-order chi connectivity index (χ1) is 8.69. The Labute approximate surface area is 111 Å². The molecule has 0 N–H and O–H groups in total. The molecule has 18 heavy (non-hydrogen) atoms. The number of rotatable bonds is 4. The molecule has 1 saturated heterocycles. The Morgan fingerprint density at radius 1 is 1.56 bits per heavy atom. The SMILES string of the molecule is COCC1CN(Cc2ccc(Cl)c(F)c2)CCO1. The van der Waals surface area contributed by atoms with Crippen molar-refractivity contribution in [1.29, 1.82) is 0 Å². The van der Waals surface area contributed by atoms with Gasteiger partial charge >= 0.3 is 0 Å². The van der Waals surface area contributed by atoms with Gasteiger partial charge in [0.15, 0.2) is 0 Å². The molecular weight excluding hydrogens is 257 g/mol. The minimum Gasteiger partial charge on any atom is -0.382 e. The molecule has 2 rings (SSSR count). The summed E-state index contributed by atoms with van der Waals surface area (Å²) < 4.78 is 24.0. The van der Waals surface area contributed by atoms with E-state index in [0.29, 0.717) is 19.8 Å². The zero-order valence-electron chi connectivity index (χ0n) is 10.4. The second-order valence-corrected chi connectivity index (χ2v) is 4.84. The van der Waals surface area contributed by atoms with Crippen LogP contribution in [-0.4, -0.2) is 44.4 Å². The van der Waals surface area contributed by atoms with Gasteiger partial charge in [0.1, 0.15) is 5.82 Å². The Kier molecular flexibility index (Phi) is 4.95. The van der Waals surface area contributed by atoms with Crippen LogP contribution < -0.4 is 0 Å². The molecule has 1 atom stereocenters. The van der Waals surface area contributed by atoms with E-state index in [2.05, 4.69) is 4.90 Å². The Morgan fingerprint density at radius 3 is 3.11 bits per heavy atom. The van der Waals surface area contributed by atoms with Crippen LogP contribution >= 0.6 is 11.6 Å². The summed E-state index contributed by atoms with van der Waals surface area (Å²) in [5.41, 5.74) is 0.926. The first-order valence-electron chi connectivity index (χ1n) is 5.96. The van der Waals surface area contributed by atoms with E-state index in [1.807, 2.05) is 6.07 Å². The molecule has 1 aromatic carbocycles. The van der Waals surface area contributed by atoms with Crippen LogP contribution in [-0.2, 0) is 16.0 Å². The fourth-order valence-corrected chi connectivity index (χ4v) is 2.22. The van der Waals surface area contributed by atoms with Crippen molar-refractivity contribution < 1.29 is 13.9 Å². The van der Waals surface area contributed by atoms with Gasteiger partial charge in [-0.05, 0) is 17.7 Å². The number of hydrogen-bond acceptors (Lipinski definition) is 3. The normalized spacial score (nSPS) is 21.2. The fourth-order valence-electron chi connectivity index (χ4n) is 2.11. The van der Waals surface area contributed by atoms with Crippen LogP contribution in [0, 0.1) is 5.82 Å². The molecule has 1 fully saturated rings. The van der Waals surface area contributed by atoms with Gasteiger partial charge in [-0.1, -0.05) is 17.7 Å². The minimum atomic E-state index is -0.365. The van der Waals surface area contributed by atoms with E-state index in [1.165, 1.54) is 6.07 Å². The summed E-state index contributed by atoms with van der Waals surface area (Å²) in [6.07, 6.45) is 0.0981. The summed E-state index contributed by atoms with van der Waals surface area (Å²) in [7, 11) is 1.66. The maximum atomic E-state index is 13.3. The maximum absolute atomic E-state index is 13.3. The van der Waals surface area contributed by atoms with Gasteiger partial charge in [-0.15, -0.1) is 0 Å². The van der Waals surface area contributed by atoms with Gasteiger partial charge in [0.2, 0.25) is 0 Å². The van der Waals surface area contributed by atoms with Crippen molar-refractivity contribution in [2.45, 2.75) is 12.6 Å². The summed E-state index contributed by atoms with van der Waals surface area (Å²) in [6.45, 7) is 3.63. The standard InChI is InChI=1S/C13H17ClFNO2/c1-17-9-11-8-16(4-5-18-11)7-10-2-3-12(14)13(15)6-10/h2-3,6,11H,4-5,7-9H2,1H3. The number of benzene rings is 1. The number of ether oxygens (including phenoxy) is 2. The van der Waals surface area contributed by atoms with Gasteiger partial charge in [0, 0.05) is 26.7 Å². The predicted octanol–water partition coefficient (Wildman–Crippen LogP) is 2.33. The molecule has 0 aromatic heterocycles. The van der Waals surface area contributed by atoms with Crippen molar-refractivity contribution >= 4 is 11.6 Å². The molecule has 5 heteroatoms. The molecule has 1 aliphatic heterocycles. The average Bonchev–Trinajstić information content (AvgIpc) is 2.35. The molecule has 100 valence electrons. The van der Waals surface area contributed by atoms with E-state index < -0.39 is 0 Å². The summed E-state index contributed by atoms with van der Waals surface area (Å²) in [5, 5.41) is 0.165. The van der Waals surface area contributed by atoms with Crippen LogP contribution in [0.5, 0.6) is 0 Å². The number of hydrogen-bond donors (Lipinski definition) is 0. The highest BCUT2D eigenvalue weighted by molar-refractivity contribution is 6.30. The lowest BCUT2D eigenvalue weighted by atomic mass is 10.2. The van der Waals surface area contributed by atoms with Gasteiger partial charge in [0.05, 0.1) is 24.3 Å². The van der Waals surface area contributed by atoms with Crippen molar-refractivity contribution in [3.05, 3.63) is 34.6 Å². The summed E-state index contributed by atoms with van der Waals surface area (Å²) in [4.78, 5) is 2.23. The molecule has 1 heterocycles. The van der Waals surface area contributed by atoms with Gasteiger partial charge in [-0.3, -0.25) is 4.90 Å². The highest BCUT2D eigenvalue weighted by atomic mass is 35.5. The van der Waals surface area contributed by atoms with E-state index >= 15 is 0 Å². The van der Waals surface area contributed by atoms with Gasteiger partial charge in [0.25, 0.3) is 0 Å². The molecule has 0 radical (unpaired) electrons. The Morgan fingerprint density at radius 2 is 2.39 bits per heavy atom. The lowest BCUT2D eigenvalue weighted by Crippen LogP contribution is -2.43. The lowest BCUT2D eigenvalue weighted by Gasteiger charge is -2.32. The molecule has 1 unspecified atom stereocenters. The van der Waals surface area contributed by atoms with Gasteiger partial charge < -0.3 is 9.47 Å². The van der Waals surface area contributed by atoms with Crippen LogP contribution in [0.4, 0.5) is 4.39 Å². The summed E-state index contributed by atoms with van der Waals surface area (Å²) in [6, 6.07) is 4.94. The van der Waals surface area contributed by atoms with Crippen molar-refractivity contribution in [2.24, 2.45) is 0 Å². The summed E-state index contributed by atoms with van der Waals surface area (Å²) in [5.74, 6) is -0.365. The minimum absolute atomic E-state index is 0.0981. The molecular formula is C13H17ClFNO2. The largest absolute Gasteiger partial charge is 0.382 e. The third-order valence-corrected chi connectivity index (χ3v) is 3.27. The fraction of sp³-hybridized carbons (Fsp3) is 0.538. The zero-order chi connectivity index (χ0) is 13.0. The van der Waals surface area contributed by atoms with Crippen LogP contribution in [0.3, 0.4) is 0 Å². The third kappa shape index (κ3) is 3.65. The third-order valence-electron chi connectivity index (χ3n) is 2.97. The highest BCUT2D eigenvalue weighted by Gasteiger charge is 2.20. The number of nitrogens with zero attached hydrogens (tertiary/aromatic N) is 1. The van der Waals surface area contributed by atoms with Crippen LogP contribution in [0.1, 0.15) is 5.56 Å². The van der Waals surface area contributed by atoms with Crippen molar-refractivity contribution in [3.8, 4) is 0 Å². The molecule has 0 aliphatic carbocycles. The second kappa shape index (κ2) is 6.48. The predicted molar refractivity (Wildman–Crippen MR) is 68.3 cm³/mol. The Balaban J connectivity index is 1.93. The summed E-state index contributed by atoms with van der Waals surface area (Å²) >= 11 is 5.66. The number of halogens is 2. The quantitative estimate of drug-likeness (QED) is 0.840. The van der Waals surface area contributed by atoms with Crippen LogP contribution in [0.15, 0.2) is 18.2 Å². The number of methoxy groups -OCH3 is 1. The van der Waals surface area contributed by atoms with E-state index in [9.17, 15) is 4.39 Å². The van der Waals surface area contributed by atoms with Crippen LogP contribution in [0.2, 0.25) is 5.02 Å². The first kappa shape index (κ1) is 13.7. The molecule has 0 amide bonds. The topological polar surface area (TPSA) is 21.7 Å². The average molecular weight is 274 g/mol. The van der Waals surface area contributed by atoms with Gasteiger partial charge in [-0.25, -0.2) is 4.39 Å². The maximum Gasteiger partial charge on any atom is 0.142 e. The second-order valence-electron chi connectivity index (χ2n) is 4.43. The Bertz CT molecular complexity index is 401.